The molecule has 0 spiro atoms. The number of guanidine groups is 1. The number of methoxy groups -OCH3 is 1. The zero-order chi connectivity index (χ0) is 19.6. The highest BCUT2D eigenvalue weighted by molar-refractivity contribution is 14.0. The van der Waals surface area contributed by atoms with Gasteiger partial charge in [0, 0.05) is 30.6 Å². The number of halogens is 3. The van der Waals surface area contributed by atoms with Crippen LogP contribution in [0.15, 0.2) is 40.7 Å². The highest BCUT2D eigenvalue weighted by Crippen LogP contribution is 2.25. The van der Waals surface area contributed by atoms with Crippen LogP contribution in [0.25, 0.3) is 0 Å². The van der Waals surface area contributed by atoms with Crippen molar-refractivity contribution in [1.29, 1.82) is 0 Å². The molecule has 0 radical (unpaired) electrons. The minimum Gasteiger partial charge on any atom is -0.497 e. The minimum atomic E-state index is -2.88. The molecule has 0 saturated heterocycles. The fraction of sp³-hybridized carbons (Fsp3) is 0.421. The summed E-state index contributed by atoms with van der Waals surface area (Å²) in [6, 6.07) is 8.90. The molecule has 1 aromatic heterocycles. The van der Waals surface area contributed by atoms with Gasteiger partial charge < -0.3 is 20.1 Å². The van der Waals surface area contributed by atoms with Crippen molar-refractivity contribution in [1.82, 2.24) is 10.6 Å². The molecule has 0 aliphatic rings. The number of thiophene rings is 1. The summed E-state index contributed by atoms with van der Waals surface area (Å²) in [5.74, 6) is 1.70. The number of rotatable bonds is 9. The van der Waals surface area contributed by atoms with Gasteiger partial charge in [0.25, 0.3) is 0 Å². The number of hydrogen-bond donors (Lipinski definition) is 2. The van der Waals surface area contributed by atoms with E-state index in [0.29, 0.717) is 23.2 Å². The fourth-order valence-electron chi connectivity index (χ4n) is 2.55. The van der Waals surface area contributed by atoms with Crippen molar-refractivity contribution in [2.45, 2.75) is 26.5 Å². The van der Waals surface area contributed by atoms with Gasteiger partial charge in [-0.25, -0.2) is 0 Å². The van der Waals surface area contributed by atoms with Crippen LogP contribution < -0.4 is 20.1 Å². The average molecular weight is 525 g/mol. The maximum absolute atomic E-state index is 12.6. The van der Waals surface area contributed by atoms with Crippen molar-refractivity contribution >= 4 is 41.3 Å². The summed E-state index contributed by atoms with van der Waals surface area (Å²) in [5, 5.41) is 8.46. The third kappa shape index (κ3) is 8.17. The lowest BCUT2D eigenvalue weighted by Gasteiger charge is -2.17. The number of aliphatic imine (C=N–C) groups is 1. The molecule has 2 aromatic rings. The SMILES string of the molecule is CN=C(NCc1cc(OC)ccc1OC(F)F)NCC(C)Cc1cccs1.I. The Bertz CT molecular complexity index is 730. The van der Waals surface area contributed by atoms with Crippen LogP contribution >= 0.6 is 35.3 Å². The third-order valence-electron chi connectivity index (χ3n) is 3.90. The molecule has 1 unspecified atom stereocenters. The molecular weight excluding hydrogens is 499 g/mol. The first-order valence-electron chi connectivity index (χ1n) is 8.60. The van der Waals surface area contributed by atoms with Crippen LogP contribution in [0.3, 0.4) is 0 Å². The van der Waals surface area contributed by atoms with Gasteiger partial charge in [-0.1, -0.05) is 13.0 Å². The molecule has 0 aliphatic carbocycles. The van der Waals surface area contributed by atoms with Gasteiger partial charge in [-0.05, 0) is 42.0 Å². The second-order valence-electron chi connectivity index (χ2n) is 6.05. The summed E-state index contributed by atoms with van der Waals surface area (Å²) in [5.41, 5.74) is 0.559. The van der Waals surface area contributed by atoms with Crippen molar-refractivity contribution in [3.63, 3.8) is 0 Å². The molecule has 0 aliphatic heterocycles. The topological polar surface area (TPSA) is 54.9 Å². The Kier molecular flexibility index (Phi) is 11.1. The van der Waals surface area contributed by atoms with Crippen molar-refractivity contribution in [3.05, 3.63) is 46.2 Å². The summed E-state index contributed by atoms with van der Waals surface area (Å²) >= 11 is 1.75. The maximum atomic E-state index is 12.6. The summed E-state index contributed by atoms with van der Waals surface area (Å²) in [7, 11) is 3.19. The van der Waals surface area contributed by atoms with E-state index in [9.17, 15) is 8.78 Å². The molecule has 1 aromatic carbocycles. The number of benzene rings is 1. The molecular formula is C19H26F2IN3O2S. The lowest BCUT2D eigenvalue weighted by molar-refractivity contribution is -0.0504. The Balaban J connectivity index is 0.00000392. The fourth-order valence-corrected chi connectivity index (χ4v) is 3.42. The zero-order valence-electron chi connectivity index (χ0n) is 16.1. The molecule has 0 saturated carbocycles. The van der Waals surface area contributed by atoms with Gasteiger partial charge in [0.2, 0.25) is 0 Å². The van der Waals surface area contributed by atoms with Crippen molar-refractivity contribution in [2.24, 2.45) is 10.9 Å². The first-order valence-corrected chi connectivity index (χ1v) is 9.48. The summed E-state index contributed by atoms with van der Waals surface area (Å²) in [6.07, 6.45) is 0.990. The number of nitrogens with zero attached hydrogens (tertiary/aromatic N) is 1. The molecule has 156 valence electrons. The number of nitrogens with one attached hydrogen (secondary N) is 2. The maximum Gasteiger partial charge on any atom is 0.387 e. The Morgan fingerprint density at radius 2 is 2.04 bits per heavy atom. The normalized spacial score (nSPS) is 12.3. The van der Waals surface area contributed by atoms with Crippen molar-refractivity contribution in [3.8, 4) is 11.5 Å². The molecule has 0 amide bonds. The van der Waals surface area contributed by atoms with E-state index in [0.717, 1.165) is 13.0 Å². The third-order valence-corrected chi connectivity index (χ3v) is 4.80. The van der Waals surface area contributed by atoms with E-state index in [2.05, 4.69) is 38.7 Å². The minimum absolute atomic E-state index is 0. The number of hydrogen-bond acceptors (Lipinski definition) is 4. The smallest absolute Gasteiger partial charge is 0.387 e. The summed E-state index contributed by atoms with van der Waals surface area (Å²) in [6.45, 7) is 0.304. The van der Waals surface area contributed by atoms with E-state index >= 15 is 0 Å². The molecule has 0 fully saturated rings. The largest absolute Gasteiger partial charge is 0.497 e. The van der Waals surface area contributed by atoms with Gasteiger partial charge in [-0.3, -0.25) is 4.99 Å². The quantitative estimate of drug-likeness (QED) is 0.287. The molecule has 28 heavy (non-hydrogen) atoms. The monoisotopic (exact) mass is 525 g/mol. The lowest BCUT2D eigenvalue weighted by Crippen LogP contribution is -2.39. The predicted molar refractivity (Wildman–Crippen MR) is 120 cm³/mol. The van der Waals surface area contributed by atoms with Gasteiger partial charge in [-0.15, -0.1) is 35.3 Å². The van der Waals surface area contributed by atoms with E-state index in [1.807, 2.05) is 6.07 Å². The van der Waals surface area contributed by atoms with Crippen LogP contribution in [0.4, 0.5) is 8.78 Å². The second-order valence-corrected chi connectivity index (χ2v) is 7.08. The second kappa shape index (κ2) is 12.8. The molecule has 5 nitrogen and oxygen atoms in total. The van der Waals surface area contributed by atoms with Crippen LogP contribution in [-0.2, 0) is 13.0 Å². The number of alkyl halides is 2. The van der Waals surface area contributed by atoms with Crippen molar-refractivity contribution < 1.29 is 18.3 Å². The first-order chi connectivity index (χ1) is 13.0. The Morgan fingerprint density at radius 1 is 1.25 bits per heavy atom. The van der Waals surface area contributed by atoms with E-state index < -0.39 is 6.61 Å². The van der Waals surface area contributed by atoms with Gasteiger partial charge in [0.15, 0.2) is 5.96 Å². The van der Waals surface area contributed by atoms with Crippen LogP contribution in [0.2, 0.25) is 0 Å². The molecule has 1 heterocycles. The van der Waals surface area contributed by atoms with Gasteiger partial charge in [0.05, 0.1) is 7.11 Å². The van der Waals surface area contributed by atoms with Crippen LogP contribution in [0.5, 0.6) is 11.5 Å². The van der Waals surface area contributed by atoms with Gasteiger partial charge >= 0.3 is 6.61 Å². The Labute approximate surface area is 185 Å². The van der Waals surface area contributed by atoms with E-state index in [4.69, 9.17) is 4.74 Å². The highest BCUT2D eigenvalue weighted by Gasteiger charge is 2.12. The predicted octanol–water partition coefficient (Wildman–Crippen LogP) is 4.52. The van der Waals surface area contributed by atoms with Crippen LogP contribution in [-0.4, -0.2) is 33.3 Å². The molecule has 1 atom stereocenters. The molecule has 0 bridgehead atoms. The van der Waals surface area contributed by atoms with Crippen LogP contribution in [0, 0.1) is 5.92 Å². The molecule has 2 rings (SSSR count). The standard InChI is InChI=1S/C19H25F2N3O2S.HI/c1-13(9-16-5-4-8-27-16)11-23-19(22-2)24-12-14-10-15(25-3)6-7-17(14)26-18(20)21;/h4-8,10,13,18H,9,11-12H2,1-3H3,(H2,22,23,24);1H. The summed E-state index contributed by atoms with van der Waals surface area (Å²) in [4.78, 5) is 5.53. The van der Waals surface area contributed by atoms with E-state index in [1.54, 1.807) is 30.5 Å². The van der Waals surface area contributed by atoms with E-state index in [-0.39, 0.29) is 36.3 Å². The Morgan fingerprint density at radius 3 is 2.64 bits per heavy atom. The Hall–Kier alpha value is -1.62. The summed E-state index contributed by atoms with van der Waals surface area (Å²) < 4.78 is 34.9. The highest BCUT2D eigenvalue weighted by atomic mass is 127. The van der Waals surface area contributed by atoms with E-state index in [1.165, 1.54) is 18.1 Å². The molecule has 2 N–H and O–H groups in total. The first kappa shape index (κ1) is 24.4. The van der Waals surface area contributed by atoms with Gasteiger partial charge in [-0.2, -0.15) is 8.78 Å². The average Bonchev–Trinajstić information content (AvgIpc) is 3.15. The zero-order valence-corrected chi connectivity index (χ0v) is 19.2. The van der Waals surface area contributed by atoms with Gasteiger partial charge in [0.1, 0.15) is 11.5 Å². The number of ether oxygens (including phenoxy) is 2. The van der Waals surface area contributed by atoms with Crippen LogP contribution in [0.1, 0.15) is 17.4 Å². The van der Waals surface area contributed by atoms with Crippen molar-refractivity contribution in [2.75, 3.05) is 20.7 Å². The lowest BCUT2D eigenvalue weighted by atomic mass is 10.1. The molecule has 9 heteroatoms.